The summed E-state index contributed by atoms with van der Waals surface area (Å²) >= 11 is 5.37. The summed E-state index contributed by atoms with van der Waals surface area (Å²) in [6, 6.07) is 5.43. The second kappa shape index (κ2) is 6.35. The van der Waals surface area contributed by atoms with Gasteiger partial charge in [-0.15, -0.1) is 0 Å². The van der Waals surface area contributed by atoms with Gasteiger partial charge >= 0.3 is 0 Å². The van der Waals surface area contributed by atoms with Crippen molar-refractivity contribution < 1.29 is 14.3 Å². The number of nitrogens with one attached hydrogen (secondary N) is 1. The number of benzene rings is 1. The van der Waals surface area contributed by atoms with Gasteiger partial charge in [0.2, 0.25) is 0 Å². The number of rotatable bonds is 2. The molecule has 124 valence electrons. The van der Waals surface area contributed by atoms with E-state index in [2.05, 4.69) is 10.2 Å². The molecule has 1 fully saturated rings. The van der Waals surface area contributed by atoms with Crippen molar-refractivity contribution in [2.45, 2.75) is 31.8 Å². The highest BCUT2D eigenvalue weighted by molar-refractivity contribution is 7.80. The third-order valence-electron chi connectivity index (χ3n) is 4.59. The third-order valence-corrected chi connectivity index (χ3v) is 4.99. The SMILES string of the molecule is CCNC(=S)N1CCC2(CC1)CC(=O)c1cc(OC)ccc1O2. The van der Waals surface area contributed by atoms with E-state index in [4.69, 9.17) is 21.7 Å². The standard InChI is InChI=1S/C17H22N2O3S/c1-3-18-16(23)19-8-6-17(7-9-19)11-14(20)13-10-12(21-2)4-5-15(13)22-17/h4-5,10H,3,6-9,11H2,1-2H3,(H,18,23). The Morgan fingerprint density at radius 3 is 2.83 bits per heavy atom. The molecule has 5 nitrogen and oxygen atoms in total. The summed E-state index contributed by atoms with van der Waals surface area (Å²) in [6.45, 7) is 4.48. The Morgan fingerprint density at radius 1 is 1.43 bits per heavy atom. The monoisotopic (exact) mass is 334 g/mol. The number of carbonyl (C=O) groups excluding carboxylic acids is 1. The quantitative estimate of drug-likeness (QED) is 0.838. The van der Waals surface area contributed by atoms with E-state index >= 15 is 0 Å². The fourth-order valence-electron chi connectivity index (χ4n) is 3.26. The van der Waals surface area contributed by atoms with Crippen LogP contribution >= 0.6 is 12.2 Å². The minimum absolute atomic E-state index is 0.132. The number of fused-ring (bicyclic) bond motifs is 1. The number of hydrogen-bond acceptors (Lipinski definition) is 4. The predicted octanol–water partition coefficient (Wildman–Crippen LogP) is 2.39. The van der Waals surface area contributed by atoms with Crippen LogP contribution in [0.3, 0.4) is 0 Å². The molecule has 6 heteroatoms. The maximum absolute atomic E-state index is 12.6. The van der Waals surface area contributed by atoms with Crippen molar-refractivity contribution in [2.24, 2.45) is 0 Å². The first-order valence-corrected chi connectivity index (χ1v) is 8.41. The van der Waals surface area contributed by atoms with Gasteiger partial charge in [-0.2, -0.15) is 0 Å². The Morgan fingerprint density at radius 2 is 2.17 bits per heavy atom. The van der Waals surface area contributed by atoms with Crippen LogP contribution in [0.25, 0.3) is 0 Å². The van der Waals surface area contributed by atoms with Crippen LogP contribution < -0.4 is 14.8 Å². The Balaban J connectivity index is 1.73. The molecule has 0 bridgehead atoms. The molecule has 2 aliphatic rings. The summed E-state index contributed by atoms with van der Waals surface area (Å²) in [5, 5.41) is 3.97. The summed E-state index contributed by atoms with van der Waals surface area (Å²) in [6.07, 6.45) is 2.03. The lowest BCUT2D eigenvalue weighted by atomic mass is 9.82. The molecule has 0 amide bonds. The van der Waals surface area contributed by atoms with Gasteiger partial charge in [0.1, 0.15) is 17.1 Å². The van der Waals surface area contributed by atoms with E-state index in [1.807, 2.05) is 19.1 Å². The number of ketones is 1. The minimum atomic E-state index is -0.392. The van der Waals surface area contributed by atoms with Crippen molar-refractivity contribution in [3.63, 3.8) is 0 Å². The molecule has 0 unspecified atom stereocenters. The molecule has 0 aliphatic carbocycles. The lowest BCUT2D eigenvalue weighted by molar-refractivity contribution is 0.00355. The summed E-state index contributed by atoms with van der Waals surface area (Å²) in [4.78, 5) is 14.7. The number of thiocarbonyl (C=S) groups is 1. The molecule has 0 radical (unpaired) electrons. The van der Waals surface area contributed by atoms with E-state index in [9.17, 15) is 4.79 Å². The molecule has 0 saturated carbocycles. The fraction of sp³-hybridized carbons (Fsp3) is 0.529. The van der Waals surface area contributed by atoms with E-state index in [1.165, 1.54) is 0 Å². The first-order chi connectivity index (χ1) is 11.1. The van der Waals surface area contributed by atoms with Gasteiger partial charge in [0.15, 0.2) is 10.9 Å². The number of methoxy groups -OCH3 is 1. The number of piperidine rings is 1. The van der Waals surface area contributed by atoms with Gasteiger partial charge in [-0.3, -0.25) is 4.79 Å². The average molecular weight is 334 g/mol. The summed E-state index contributed by atoms with van der Waals surface area (Å²) in [5.41, 5.74) is 0.234. The van der Waals surface area contributed by atoms with E-state index in [0.717, 1.165) is 37.6 Å². The number of carbonyl (C=O) groups is 1. The van der Waals surface area contributed by atoms with Crippen LogP contribution in [0.1, 0.15) is 36.5 Å². The Labute approximate surface area is 141 Å². The van der Waals surface area contributed by atoms with Crippen molar-refractivity contribution in [3.8, 4) is 11.5 Å². The van der Waals surface area contributed by atoms with Gasteiger partial charge in [0.05, 0.1) is 19.1 Å². The number of Topliss-reactive ketones (excluding diaryl/α,β-unsaturated/α-hetero) is 1. The van der Waals surface area contributed by atoms with Crippen molar-refractivity contribution in [1.29, 1.82) is 0 Å². The lowest BCUT2D eigenvalue weighted by Crippen LogP contribution is -2.54. The zero-order valence-corrected chi connectivity index (χ0v) is 14.4. The number of likely N-dealkylation sites (tertiary alicyclic amines) is 1. The highest BCUT2D eigenvalue weighted by Crippen LogP contribution is 2.40. The largest absolute Gasteiger partial charge is 0.497 e. The van der Waals surface area contributed by atoms with Crippen LogP contribution in [0.5, 0.6) is 11.5 Å². The molecule has 1 saturated heterocycles. The molecule has 3 rings (SSSR count). The van der Waals surface area contributed by atoms with Crippen molar-refractivity contribution in [1.82, 2.24) is 10.2 Å². The zero-order valence-electron chi connectivity index (χ0n) is 13.6. The van der Waals surface area contributed by atoms with Crippen molar-refractivity contribution >= 4 is 23.1 Å². The molecule has 1 N–H and O–H groups in total. The molecule has 1 spiro atoms. The summed E-state index contributed by atoms with van der Waals surface area (Å²) in [7, 11) is 1.60. The average Bonchev–Trinajstić information content (AvgIpc) is 2.55. The van der Waals surface area contributed by atoms with Gasteiger partial charge < -0.3 is 19.7 Å². The van der Waals surface area contributed by atoms with Crippen molar-refractivity contribution in [3.05, 3.63) is 23.8 Å². The number of hydrogen-bond donors (Lipinski definition) is 1. The Bertz CT molecular complexity index is 624. The number of ether oxygens (including phenoxy) is 2. The molecular formula is C17H22N2O3S. The molecule has 23 heavy (non-hydrogen) atoms. The van der Waals surface area contributed by atoms with Gasteiger partial charge in [0.25, 0.3) is 0 Å². The maximum atomic E-state index is 12.6. The highest BCUT2D eigenvalue weighted by Gasteiger charge is 2.43. The summed E-state index contributed by atoms with van der Waals surface area (Å²) in [5.74, 6) is 1.49. The van der Waals surface area contributed by atoms with Gasteiger partial charge in [-0.25, -0.2) is 0 Å². The first-order valence-electron chi connectivity index (χ1n) is 8.00. The van der Waals surface area contributed by atoms with Gasteiger partial charge in [-0.05, 0) is 37.3 Å². The first kappa shape index (κ1) is 16.1. The van der Waals surface area contributed by atoms with Crippen LogP contribution in [0.2, 0.25) is 0 Å². The van der Waals surface area contributed by atoms with Crippen LogP contribution in [0, 0.1) is 0 Å². The van der Waals surface area contributed by atoms with Crippen LogP contribution in [0.4, 0.5) is 0 Å². The van der Waals surface area contributed by atoms with Gasteiger partial charge in [-0.1, -0.05) is 0 Å². The smallest absolute Gasteiger partial charge is 0.170 e. The molecule has 2 heterocycles. The third kappa shape index (κ3) is 3.13. The van der Waals surface area contributed by atoms with E-state index < -0.39 is 5.60 Å². The lowest BCUT2D eigenvalue weighted by Gasteiger charge is -2.44. The fourth-order valence-corrected chi connectivity index (χ4v) is 3.59. The zero-order chi connectivity index (χ0) is 16.4. The predicted molar refractivity (Wildman–Crippen MR) is 92.4 cm³/mol. The topological polar surface area (TPSA) is 50.8 Å². The normalized spacial score (nSPS) is 19.0. The maximum Gasteiger partial charge on any atom is 0.170 e. The van der Waals surface area contributed by atoms with Crippen LogP contribution in [-0.2, 0) is 0 Å². The molecule has 0 aromatic heterocycles. The second-order valence-electron chi connectivity index (χ2n) is 6.07. The molecule has 0 atom stereocenters. The van der Waals surface area contributed by atoms with Gasteiger partial charge in [0, 0.05) is 32.5 Å². The van der Waals surface area contributed by atoms with Crippen LogP contribution in [-0.4, -0.2) is 48.1 Å². The van der Waals surface area contributed by atoms with E-state index in [0.29, 0.717) is 23.5 Å². The molecule has 1 aromatic rings. The Kier molecular flexibility index (Phi) is 4.43. The minimum Gasteiger partial charge on any atom is -0.497 e. The second-order valence-corrected chi connectivity index (χ2v) is 6.46. The molecule has 2 aliphatic heterocycles. The summed E-state index contributed by atoms with van der Waals surface area (Å²) < 4.78 is 11.4. The van der Waals surface area contributed by atoms with E-state index in [1.54, 1.807) is 13.2 Å². The molecule has 1 aromatic carbocycles. The number of nitrogens with zero attached hydrogens (tertiary/aromatic N) is 1. The molecular weight excluding hydrogens is 312 g/mol. The van der Waals surface area contributed by atoms with Crippen LogP contribution in [0.15, 0.2) is 18.2 Å². The Hall–Kier alpha value is -1.82. The van der Waals surface area contributed by atoms with E-state index in [-0.39, 0.29) is 5.78 Å². The van der Waals surface area contributed by atoms with Crippen molar-refractivity contribution in [2.75, 3.05) is 26.7 Å². The highest BCUT2D eigenvalue weighted by atomic mass is 32.1.